The Morgan fingerprint density at radius 3 is 2.76 bits per heavy atom. The zero-order valence-electron chi connectivity index (χ0n) is 10.8. The third-order valence-electron chi connectivity index (χ3n) is 2.90. The molecule has 0 spiro atoms. The van der Waals surface area contributed by atoms with Crippen LogP contribution in [-0.2, 0) is 0 Å². The molecule has 0 aliphatic rings. The second-order valence-corrected chi connectivity index (χ2v) is 4.64. The van der Waals surface area contributed by atoms with Gasteiger partial charge in [0.05, 0.1) is 22.7 Å². The smallest absolute Gasteiger partial charge is 0.225 e. The third kappa shape index (κ3) is 2.25. The summed E-state index contributed by atoms with van der Waals surface area (Å²) in [6, 6.07) is 1.93. The first-order valence-corrected chi connectivity index (χ1v) is 6.13. The van der Waals surface area contributed by atoms with Gasteiger partial charge in [0, 0.05) is 6.20 Å². The molecular formula is C13H19N3O. The SMILES string of the molecule is CC[C@@H](C)Oc1nccc2[nH]nc(C(C)C)c12. The predicted molar refractivity (Wildman–Crippen MR) is 68.4 cm³/mol. The summed E-state index contributed by atoms with van der Waals surface area (Å²) in [4.78, 5) is 4.33. The molecular weight excluding hydrogens is 214 g/mol. The standard InChI is InChI=1S/C13H19N3O/c1-5-9(4)17-13-11-10(6-7-14-13)15-16-12(11)8(2)3/h6-9H,5H2,1-4H3,(H,15,16)/t9-/m1/s1. The number of aromatic nitrogens is 3. The molecule has 0 fully saturated rings. The lowest BCUT2D eigenvalue weighted by molar-refractivity contribution is 0.211. The Balaban J connectivity index is 2.50. The van der Waals surface area contributed by atoms with Gasteiger partial charge in [0.25, 0.3) is 0 Å². The molecule has 0 unspecified atom stereocenters. The zero-order chi connectivity index (χ0) is 12.4. The predicted octanol–water partition coefficient (Wildman–Crippen LogP) is 3.26. The first kappa shape index (κ1) is 11.9. The molecule has 4 heteroatoms. The molecule has 2 heterocycles. The van der Waals surface area contributed by atoms with E-state index in [2.05, 4.69) is 42.9 Å². The van der Waals surface area contributed by atoms with Crippen LogP contribution in [0.5, 0.6) is 5.88 Å². The van der Waals surface area contributed by atoms with Crippen LogP contribution >= 0.6 is 0 Å². The Morgan fingerprint density at radius 2 is 2.12 bits per heavy atom. The minimum Gasteiger partial charge on any atom is -0.474 e. The van der Waals surface area contributed by atoms with Crippen molar-refractivity contribution in [1.82, 2.24) is 15.2 Å². The summed E-state index contributed by atoms with van der Waals surface area (Å²) in [6.07, 6.45) is 2.89. The van der Waals surface area contributed by atoms with Crippen molar-refractivity contribution in [2.45, 2.75) is 46.1 Å². The van der Waals surface area contributed by atoms with E-state index in [0.717, 1.165) is 23.0 Å². The van der Waals surface area contributed by atoms with Crippen molar-refractivity contribution >= 4 is 10.9 Å². The summed E-state index contributed by atoms with van der Waals surface area (Å²) in [6.45, 7) is 8.39. The molecule has 1 atom stereocenters. The molecule has 17 heavy (non-hydrogen) atoms. The van der Waals surface area contributed by atoms with Gasteiger partial charge < -0.3 is 4.74 Å². The van der Waals surface area contributed by atoms with Crippen LogP contribution in [-0.4, -0.2) is 21.3 Å². The van der Waals surface area contributed by atoms with Gasteiger partial charge in [-0.1, -0.05) is 20.8 Å². The first-order chi connectivity index (χ1) is 8.13. The number of pyridine rings is 1. The van der Waals surface area contributed by atoms with Crippen LogP contribution < -0.4 is 4.74 Å². The highest BCUT2D eigenvalue weighted by atomic mass is 16.5. The largest absolute Gasteiger partial charge is 0.474 e. The molecule has 1 N–H and O–H groups in total. The number of nitrogens with zero attached hydrogens (tertiary/aromatic N) is 2. The molecule has 4 nitrogen and oxygen atoms in total. The van der Waals surface area contributed by atoms with Crippen molar-refractivity contribution < 1.29 is 4.74 Å². The van der Waals surface area contributed by atoms with Crippen LogP contribution in [0.2, 0.25) is 0 Å². The van der Waals surface area contributed by atoms with E-state index < -0.39 is 0 Å². The fraction of sp³-hybridized carbons (Fsp3) is 0.538. The molecule has 0 bridgehead atoms. The number of aromatic amines is 1. The first-order valence-electron chi connectivity index (χ1n) is 6.13. The number of hydrogen-bond acceptors (Lipinski definition) is 3. The van der Waals surface area contributed by atoms with E-state index in [0.29, 0.717) is 11.8 Å². The van der Waals surface area contributed by atoms with E-state index >= 15 is 0 Å². The van der Waals surface area contributed by atoms with E-state index in [9.17, 15) is 0 Å². The quantitative estimate of drug-likeness (QED) is 0.881. The highest BCUT2D eigenvalue weighted by Crippen LogP contribution is 2.30. The van der Waals surface area contributed by atoms with Crippen LogP contribution in [0.15, 0.2) is 12.3 Å². The molecule has 92 valence electrons. The summed E-state index contributed by atoms with van der Waals surface area (Å²) in [7, 11) is 0. The maximum Gasteiger partial charge on any atom is 0.225 e. The molecule has 0 radical (unpaired) electrons. The Hall–Kier alpha value is -1.58. The number of H-pyrrole nitrogens is 1. The molecule has 2 aromatic rings. The molecule has 0 aliphatic carbocycles. The number of hydrogen-bond donors (Lipinski definition) is 1. The highest BCUT2D eigenvalue weighted by molar-refractivity contribution is 5.86. The van der Waals surface area contributed by atoms with Gasteiger partial charge in [-0.15, -0.1) is 0 Å². The minimum atomic E-state index is 0.169. The van der Waals surface area contributed by atoms with E-state index in [-0.39, 0.29) is 6.10 Å². The molecule has 0 aliphatic heterocycles. The van der Waals surface area contributed by atoms with E-state index in [1.807, 2.05) is 6.07 Å². The van der Waals surface area contributed by atoms with Gasteiger partial charge in [-0.05, 0) is 25.3 Å². The molecule has 0 saturated carbocycles. The fourth-order valence-electron chi connectivity index (χ4n) is 1.74. The Kier molecular flexibility index (Phi) is 3.31. The molecule has 2 aromatic heterocycles. The fourth-order valence-corrected chi connectivity index (χ4v) is 1.74. The Bertz CT molecular complexity index is 504. The van der Waals surface area contributed by atoms with Crippen molar-refractivity contribution in [3.63, 3.8) is 0 Å². The van der Waals surface area contributed by atoms with Crippen molar-refractivity contribution in [2.24, 2.45) is 0 Å². The lowest BCUT2D eigenvalue weighted by Gasteiger charge is -2.13. The summed E-state index contributed by atoms with van der Waals surface area (Å²) in [5.41, 5.74) is 2.01. The molecule has 0 amide bonds. The van der Waals surface area contributed by atoms with Crippen LogP contribution in [0.4, 0.5) is 0 Å². The number of rotatable bonds is 4. The molecule has 0 saturated heterocycles. The molecule has 2 rings (SSSR count). The zero-order valence-corrected chi connectivity index (χ0v) is 10.8. The summed E-state index contributed by atoms with van der Waals surface area (Å²) < 4.78 is 5.85. The number of fused-ring (bicyclic) bond motifs is 1. The normalized spacial score (nSPS) is 13.2. The van der Waals surface area contributed by atoms with E-state index in [4.69, 9.17) is 4.74 Å². The number of nitrogens with one attached hydrogen (secondary N) is 1. The van der Waals surface area contributed by atoms with Gasteiger partial charge in [-0.25, -0.2) is 4.98 Å². The van der Waals surface area contributed by atoms with Crippen LogP contribution in [0.1, 0.15) is 45.7 Å². The third-order valence-corrected chi connectivity index (χ3v) is 2.90. The maximum absolute atomic E-state index is 5.85. The summed E-state index contributed by atoms with van der Waals surface area (Å²) in [5.74, 6) is 1.04. The second kappa shape index (κ2) is 4.73. The lowest BCUT2D eigenvalue weighted by atomic mass is 10.1. The van der Waals surface area contributed by atoms with Crippen molar-refractivity contribution in [3.05, 3.63) is 18.0 Å². The van der Waals surface area contributed by atoms with Gasteiger partial charge in [0.1, 0.15) is 0 Å². The van der Waals surface area contributed by atoms with Crippen molar-refractivity contribution in [3.8, 4) is 5.88 Å². The van der Waals surface area contributed by atoms with E-state index in [1.165, 1.54) is 0 Å². The average Bonchev–Trinajstić information content (AvgIpc) is 2.73. The van der Waals surface area contributed by atoms with Crippen LogP contribution in [0.25, 0.3) is 10.9 Å². The van der Waals surface area contributed by atoms with Crippen molar-refractivity contribution in [1.29, 1.82) is 0 Å². The topological polar surface area (TPSA) is 50.8 Å². The maximum atomic E-state index is 5.85. The van der Waals surface area contributed by atoms with Crippen LogP contribution in [0.3, 0.4) is 0 Å². The highest BCUT2D eigenvalue weighted by Gasteiger charge is 2.16. The summed E-state index contributed by atoms with van der Waals surface area (Å²) >= 11 is 0. The van der Waals surface area contributed by atoms with Gasteiger partial charge in [-0.2, -0.15) is 5.10 Å². The molecule has 0 aromatic carbocycles. The van der Waals surface area contributed by atoms with Gasteiger partial charge in [0.2, 0.25) is 5.88 Å². The summed E-state index contributed by atoms with van der Waals surface area (Å²) in [5, 5.41) is 8.39. The second-order valence-electron chi connectivity index (χ2n) is 4.64. The van der Waals surface area contributed by atoms with Gasteiger partial charge >= 0.3 is 0 Å². The van der Waals surface area contributed by atoms with Crippen LogP contribution in [0, 0.1) is 0 Å². The lowest BCUT2D eigenvalue weighted by Crippen LogP contribution is -2.11. The average molecular weight is 233 g/mol. The van der Waals surface area contributed by atoms with Crippen molar-refractivity contribution in [2.75, 3.05) is 0 Å². The van der Waals surface area contributed by atoms with Gasteiger partial charge in [-0.3, -0.25) is 5.10 Å². The minimum absolute atomic E-state index is 0.169. The van der Waals surface area contributed by atoms with Gasteiger partial charge in [0.15, 0.2) is 0 Å². The number of ether oxygens (including phenoxy) is 1. The monoisotopic (exact) mass is 233 g/mol. The van der Waals surface area contributed by atoms with E-state index in [1.54, 1.807) is 6.20 Å². The Morgan fingerprint density at radius 1 is 1.35 bits per heavy atom. The Labute approximate surface area is 101 Å².